The van der Waals surface area contributed by atoms with Gasteiger partial charge in [0, 0.05) is 17.6 Å². The molecule has 2 aromatic rings. The number of H-pyrrole nitrogens is 1. The largest absolute Gasteiger partial charge is 0.495 e. The maximum atomic E-state index is 5.41. The summed E-state index contributed by atoms with van der Waals surface area (Å²) in [5.74, 6) is 0.940. The molecule has 0 saturated carbocycles. The normalized spacial score (nSPS) is 15.1. The Hall–Kier alpha value is -1.48. The van der Waals surface area contributed by atoms with E-state index >= 15 is 0 Å². The standard InChI is InChI=1S/C13H16N2O/c1-8-3-4-11(16-2)13-12(8)9-5-6-14-7-10(9)15-13/h3-4,14-15H,5-7H2,1-2H3. The molecule has 0 unspecified atom stereocenters. The number of hydrogen-bond acceptors (Lipinski definition) is 2. The number of aryl methyl sites for hydroxylation is 1. The van der Waals surface area contributed by atoms with Gasteiger partial charge in [0.25, 0.3) is 0 Å². The van der Waals surface area contributed by atoms with E-state index in [4.69, 9.17) is 4.74 Å². The lowest BCUT2D eigenvalue weighted by molar-refractivity contribution is 0.419. The fourth-order valence-electron chi connectivity index (χ4n) is 2.60. The zero-order valence-electron chi connectivity index (χ0n) is 9.68. The Balaban J connectivity index is 2.36. The van der Waals surface area contributed by atoms with E-state index in [1.165, 1.54) is 22.2 Å². The van der Waals surface area contributed by atoms with Gasteiger partial charge in [0.1, 0.15) is 5.75 Å². The minimum Gasteiger partial charge on any atom is -0.495 e. The first-order chi connectivity index (χ1) is 7.81. The SMILES string of the molecule is COc1ccc(C)c2c3c([nH]c12)CNCC3. The summed E-state index contributed by atoms with van der Waals surface area (Å²) in [5, 5.41) is 4.74. The molecule has 0 atom stereocenters. The van der Waals surface area contributed by atoms with Crippen LogP contribution in [0, 0.1) is 6.92 Å². The fourth-order valence-corrected chi connectivity index (χ4v) is 2.60. The molecule has 0 spiro atoms. The van der Waals surface area contributed by atoms with Crippen LogP contribution in [0.5, 0.6) is 5.75 Å². The van der Waals surface area contributed by atoms with Crippen molar-refractivity contribution in [2.45, 2.75) is 19.9 Å². The number of ether oxygens (including phenoxy) is 1. The molecule has 16 heavy (non-hydrogen) atoms. The predicted octanol–water partition coefficient (Wildman–Crippen LogP) is 2.13. The highest BCUT2D eigenvalue weighted by Gasteiger charge is 2.18. The topological polar surface area (TPSA) is 37.0 Å². The maximum Gasteiger partial charge on any atom is 0.142 e. The molecular formula is C13H16N2O. The summed E-state index contributed by atoms with van der Waals surface area (Å²) >= 11 is 0. The third-order valence-electron chi connectivity index (χ3n) is 3.39. The highest BCUT2D eigenvalue weighted by atomic mass is 16.5. The highest BCUT2D eigenvalue weighted by molar-refractivity contribution is 5.92. The van der Waals surface area contributed by atoms with E-state index in [2.05, 4.69) is 23.3 Å². The second kappa shape index (κ2) is 3.52. The van der Waals surface area contributed by atoms with E-state index < -0.39 is 0 Å². The monoisotopic (exact) mass is 216 g/mol. The molecule has 0 radical (unpaired) electrons. The van der Waals surface area contributed by atoms with E-state index in [0.717, 1.165) is 30.8 Å². The second-order valence-corrected chi connectivity index (χ2v) is 4.34. The zero-order chi connectivity index (χ0) is 11.1. The maximum absolute atomic E-state index is 5.41. The Morgan fingerprint density at radius 2 is 2.19 bits per heavy atom. The molecule has 3 rings (SSSR count). The van der Waals surface area contributed by atoms with Crippen molar-refractivity contribution in [3.05, 3.63) is 29.0 Å². The average molecular weight is 216 g/mol. The van der Waals surface area contributed by atoms with Crippen molar-refractivity contribution in [1.29, 1.82) is 0 Å². The van der Waals surface area contributed by atoms with Crippen molar-refractivity contribution >= 4 is 10.9 Å². The van der Waals surface area contributed by atoms with Crippen LogP contribution in [0.3, 0.4) is 0 Å². The molecule has 84 valence electrons. The van der Waals surface area contributed by atoms with Crippen LogP contribution in [-0.4, -0.2) is 18.6 Å². The molecule has 1 aromatic heterocycles. The number of rotatable bonds is 1. The van der Waals surface area contributed by atoms with Gasteiger partial charge < -0.3 is 15.0 Å². The number of aromatic amines is 1. The van der Waals surface area contributed by atoms with Crippen LogP contribution in [0.25, 0.3) is 10.9 Å². The van der Waals surface area contributed by atoms with Crippen LogP contribution in [0.1, 0.15) is 16.8 Å². The van der Waals surface area contributed by atoms with Crippen molar-refractivity contribution in [1.82, 2.24) is 10.3 Å². The minimum atomic E-state index is 0.937. The van der Waals surface area contributed by atoms with Gasteiger partial charge in [-0.1, -0.05) is 6.07 Å². The lowest BCUT2D eigenvalue weighted by Gasteiger charge is -2.13. The summed E-state index contributed by atoms with van der Waals surface area (Å²) in [4.78, 5) is 3.49. The number of nitrogens with one attached hydrogen (secondary N) is 2. The average Bonchev–Trinajstić information content (AvgIpc) is 2.69. The molecule has 1 aromatic carbocycles. The van der Waals surface area contributed by atoms with Crippen LogP contribution < -0.4 is 10.1 Å². The first-order valence-electron chi connectivity index (χ1n) is 5.69. The fraction of sp³-hybridized carbons (Fsp3) is 0.385. The van der Waals surface area contributed by atoms with Crippen molar-refractivity contribution in [2.75, 3.05) is 13.7 Å². The lowest BCUT2D eigenvalue weighted by Crippen LogP contribution is -2.23. The third kappa shape index (κ3) is 1.25. The highest BCUT2D eigenvalue weighted by Crippen LogP contribution is 2.33. The van der Waals surface area contributed by atoms with E-state index in [1.807, 2.05) is 6.07 Å². The summed E-state index contributed by atoms with van der Waals surface area (Å²) < 4.78 is 5.41. The van der Waals surface area contributed by atoms with Crippen molar-refractivity contribution in [2.24, 2.45) is 0 Å². The summed E-state index contributed by atoms with van der Waals surface area (Å²) in [7, 11) is 1.72. The first-order valence-corrected chi connectivity index (χ1v) is 5.69. The Morgan fingerprint density at radius 1 is 1.31 bits per heavy atom. The van der Waals surface area contributed by atoms with E-state index in [-0.39, 0.29) is 0 Å². The smallest absolute Gasteiger partial charge is 0.142 e. The van der Waals surface area contributed by atoms with Crippen molar-refractivity contribution < 1.29 is 4.74 Å². The van der Waals surface area contributed by atoms with Gasteiger partial charge in [-0.3, -0.25) is 0 Å². The van der Waals surface area contributed by atoms with Crippen LogP contribution >= 0.6 is 0 Å². The van der Waals surface area contributed by atoms with Gasteiger partial charge in [-0.05, 0) is 37.1 Å². The summed E-state index contributed by atoms with van der Waals surface area (Å²) in [6.07, 6.45) is 1.10. The van der Waals surface area contributed by atoms with E-state index in [0.29, 0.717) is 0 Å². The number of benzene rings is 1. The van der Waals surface area contributed by atoms with E-state index in [1.54, 1.807) is 7.11 Å². The van der Waals surface area contributed by atoms with Crippen molar-refractivity contribution in [3.63, 3.8) is 0 Å². The second-order valence-electron chi connectivity index (χ2n) is 4.34. The van der Waals surface area contributed by atoms with Crippen LogP contribution in [0.15, 0.2) is 12.1 Å². The molecule has 0 bridgehead atoms. The molecule has 0 fully saturated rings. The molecular weight excluding hydrogens is 200 g/mol. The molecule has 1 aliphatic rings. The summed E-state index contributed by atoms with van der Waals surface area (Å²) in [6.45, 7) is 4.17. The van der Waals surface area contributed by atoms with Crippen LogP contribution in [-0.2, 0) is 13.0 Å². The molecule has 2 N–H and O–H groups in total. The molecule has 0 amide bonds. The molecule has 3 nitrogen and oxygen atoms in total. The Labute approximate surface area is 94.8 Å². The summed E-state index contributed by atoms with van der Waals surface area (Å²) in [5.41, 5.74) is 5.26. The molecule has 3 heteroatoms. The van der Waals surface area contributed by atoms with Gasteiger partial charge >= 0.3 is 0 Å². The van der Waals surface area contributed by atoms with Crippen molar-refractivity contribution in [3.8, 4) is 5.75 Å². The van der Waals surface area contributed by atoms with Gasteiger partial charge in [0.05, 0.1) is 12.6 Å². The van der Waals surface area contributed by atoms with Crippen LogP contribution in [0.2, 0.25) is 0 Å². The Morgan fingerprint density at radius 3 is 3.00 bits per heavy atom. The number of hydrogen-bond donors (Lipinski definition) is 2. The zero-order valence-corrected chi connectivity index (χ0v) is 9.68. The number of aromatic nitrogens is 1. The number of methoxy groups -OCH3 is 1. The third-order valence-corrected chi connectivity index (χ3v) is 3.39. The predicted molar refractivity (Wildman–Crippen MR) is 65.0 cm³/mol. The molecule has 0 saturated heterocycles. The molecule has 0 aliphatic carbocycles. The minimum absolute atomic E-state index is 0.937. The summed E-state index contributed by atoms with van der Waals surface area (Å²) in [6, 6.07) is 4.17. The lowest BCUT2D eigenvalue weighted by atomic mass is 10.0. The first kappa shape index (κ1) is 9.73. The van der Waals surface area contributed by atoms with Gasteiger partial charge in [0.15, 0.2) is 0 Å². The Bertz CT molecular complexity index is 542. The molecule has 2 heterocycles. The quantitative estimate of drug-likeness (QED) is 0.766. The van der Waals surface area contributed by atoms with Gasteiger partial charge in [-0.25, -0.2) is 0 Å². The van der Waals surface area contributed by atoms with Crippen LogP contribution in [0.4, 0.5) is 0 Å². The van der Waals surface area contributed by atoms with Gasteiger partial charge in [0.2, 0.25) is 0 Å². The van der Waals surface area contributed by atoms with Gasteiger partial charge in [-0.15, -0.1) is 0 Å². The van der Waals surface area contributed by atoms with Gasteiger partial charge in [-0.2, -0.15) is 0 Å². The van der Waals surface area contributed by atoms with E-state index in [9.17, 15) is 0 Å². The number of fused-ring (bicyclic) bond motifs is 3. The molecule has 1 aliphatic heterocycles. The Kier molecular flexibility index (Phi) is 2.14.